The third-order valence-corrected chi connectivity index (χ3v) is 5.77. The number of carbonyl (C=O) groups is 2. The summed E-state index contributed by atoms with van der Waals surface area (Å²) in [6, 6.07) is 6.54. The lowest BCUT2D eigenvalue weighted by molar-refractivity contribution is 0.0663. The second-order valence-corrected chi connectivity index (χ2v) is 7.36. The Labute approximate surface area is 128 Å². The molecule has 0 saturated carbocycles. The molecule has 2 amide bonds. The molecule has 1 fully saturated rings. The summed E-state index contributed by atoms with van der Waals surface area (Å²) in [6.45, 7) is 1.96. The van der Waals surface area contributed by atoms with Crippen molar-refractivity contribution in [3.8, 4) is 0 Å². The number of nitrogens with zero attached hydrogens (tertiary/aromatic N) is 2. The van der Waals surface area contributed by atoms with Gasteiger partial charge in [0.25, 0.3) is 11.8 Å². The summed E-state index contributed by atoms with van der Waals surface area (Å²) in [5, 5.41) is 3.09. The van der Waals surface area contributed by atoms with E-state index >= 15 is 0 Å². The van der Waals surface area contributed by atoms with Crippen LogP contribution >= 0.6 is 0 Å². The van der Waals surface area contributed by atoms with Crippen molar-refractivity contribution in [3.63, 3.8) is 0 Å². The molecule has 0 aliphatic carbocycles. The number of benzene rings is 1. The average Bonchev–Trinajstić information content (AvgIpc) is 2.78. The van der Waals surface area contributed by atoms with Crippen LogP contribution in [0.4, 0.5) is 0 Å². The van der Waals surface area contributed by atoms with Crippen LogP contribution in [0, 0.1) is 0 Å². The Morgan fingerprint density at radius 2 is 1.55 bits per heavy atom. The van der Waals surface area contributed by atoms with Gasteiger partial charge >= 0.3 is 0 Å². The number of fused-ring (bicyclic) bond motifs is 1. The van der Waals surface area contributed by atoms with Crippen molar-refractivity contribution < 1.29 is 18.0 Å². The van der Waals surface area contributed by atoms with Gasteiger partial charge in [-0.15, -0.1) is 0 Å². The molecule has 0 atom stereocenters. The molecule has 0 spiro atoms. The second-order valence-electron chi connectivity index (χ2n) is 5.27. The third-order valence-electron chi connectivity index (χ3n) is 3.92. The largest absolute Gasteiger partial charge is 0.314 e. The zero-order valence-corrected chi connectivity index (χ0v) is 12.8. The van der Waals surface area contributed by atoms with Crippen molar-refractivity contribution in [1.29, 1.82) is 0 Å². The van der Waals surface area contributed by atoms with E-state index in [0.717, 1.165) is 4.90 Å². The minimum absolute atomic E-state index is 0.112. The molecule has 2 aliphatic heterocycles. The van der Waals surface area contributed by atoms with Gasteiger partial charge in [-0.25, -0.2) is 8.42 Å². The van der Waals surface area contributed by atoms with Crippen LogP contribution in [0.3, 0.4) is 0 Å². The van der Waals surface area contributed by atoms with Gasteiger partial charge in [0.1, 0.15) is 0 Å². The lowest BCUT2D eigenvalue weighted by Crippen LogP contribution is -2.48. The van der Waals surface area contributed by atoms with E-state index in [9.17, 15) is 18.0 Å². The maximum Gasteiger partial charge on any atom is 0.261 e. The van der Waals surface area contributed by atoms with Gasteiger partial charge in [-0.2, -0.15) is 4.31 Å². The SMILES string of the molecule is O=C1c2ccccc2C(=O)N1CCS(=O)(=O)N1CCNCC1. The van der Waals surface area contributed by atoms with Crippen molar-refractivity contribution in [3.05, 3.63) is 35.4 Å². The van der Waals surface area contributed by atoms with Gasteiger partial charge in [-0.3, -0.25) is 14.5 Å². The molecule has 8 heteroatoms. The Morgan fingerprint density at radius 3 is 2.09 bits per heavy atom. The summed E-state index contributed by atoms with van der Waals surface area (Å²) >= 11 is 0. The number of sulfonamides is 1. The molecule has 22 heavy (non-hydrogen) atoms. The fourth-order valence-corrected chi connectivity index (χ4v) is 4.11. The summed E-state index contributed by atoms with van der Waals surface area (Å²) in [7, 11) is -3.46. The molecule has 2 aliphatic rings. The maximum absolute atomic E-state index is 12.3. The normalized spacial score (nSPS) is 19.5. The van der Waals surface area contributed by atoms with Crippen LogP contribution in [0.25, 0.3) is 0 Å². The zero-order valence-electron chi connectivity index (χ0n) is 12.0. The van der Waals surface area contributed by atoms with Crippen molar-refractivity contribution >= 4 is 21.8 Å². The van der Waals surface area contributed by atoms with E-state index in [1.807, 2.05) is 0 Å². The van der Waals surface area contributed by atoms with Crippen molar-refractivity contribution in [2.75, 3.05) is 38.5 Å². The van der Waals surface area contributed by atoms with E-state index in [0.29, 0.717) is 37.3 Å². The lowest BCUT2D eigenvalue weighted by atomic mass is 10.1. The van der Waals surface area contributed by atoms with Crippen LogP contribution in [0.1, 0.15) is 20.7 Å². The quantitative estimate of drug-likeness (QED) is 0.756. The Kier molecular flexibility index (Phi) is 3.98. The molecule has 1 aromatic rings. The molecule has 1 N–H and O–H groups in total. The first-order valence-electron chi connectivity index (χ1n) is 7.14. The van der Waals surface area contributed by atoms with Gasteiger partial charge in [0.05, 0.1) is 16.9 Å². The molecule has 1 aromatic carbocycles. The fourth-order valence-electron chi connectivity index (χ4n) is 2.70. The first-order valence-corrected chi connectivity index (χ1v) is 8.75. The number of rotatable bonds is 4. The molecule has 7 nitrogen and oxygen atoms in total. The second kappa shape index (κ2) is 5.79. The predicted octanol–water partition coefficient (Wildman–Crippen LogP) is -0.482. The number of hydrogen-bond acceptors (Lipinski definition) is 5. The summed E-state index contributed by atoms with van der Waals surface area (Å²) < 4.78 is 26.0. The molecular weight excluding hydrogens is 306 g/mol. The Hall–Kier alpha value is -1.77. The number of hydrogen-bond donors (Lipinski definition) is 1. The predicted molar refractivity (Wildman–Crippen MR) is 80.0 cm³/mol. The van der Waals surface area contributed by atoms with E-state index in [1.165, 1.54) is 4.31 Å². The number of amides is 2. The van der Waals surface area contributed by atoms with Crippen LogP contribution in [-0.4, -0.2) is 67.9 Å². The van der Waals surface area contributed by atoms with Gasteiger partial charge in [-0.05, 0) is 12.1 Å². The van der Waals surface area contributed by atoms with Crippen LogP contribution in [-0.2, 0) is 10.0 Å². The zero-order chi connectivity index (χ0) is 15.7. The van der Waals surface area contributed by atoms with E-state index < -0.39 is 21.8 Å². The standard InChI is InChI=1S/C14H17N3O4S/c18-13-11-3-1-2-4-12(11)14(19)17(13)9-10-22(20,21)16-7-5-15-6-8-16/h1-4,15H,5-10H2. The highest BCUT2D eigenvalue weighted by atomic mass is 32.2. The van der Waals surface area contributed by atoms with Crippen LogP contribution < -0.4 is 5.32 Å². The van der Waals surface area contributed by atoms with Crippen molar-refractivity contribution in [1.82, 2.24) is 14.5 Å². The summed E-state index contributed by atoms with van der Waals surface area (Å²) in [5.41, 5.74) is 0.680. The molecule has 0 aromatic heterocycles. The first-order chi connectivity index (χ1) is 10.5. The lowest BCUT2D eigenvalue weighted by Gasteiger charge is -2.27. The van der Waals surface area contributed by atoms with E-state index in [-0.39, 0.29) is 12.3 Å². The van der Waals surface area contributed by atoms with E-state index in [1.54, 1.807) is 24.3 Å². The topological polar surface area (TPSA) is 86.8 Å². The summed E-state index contributed by atoms with van der Waals surface area (Å²) in [4.78, 5) is 25.4. The summed E-state index contributed by atoms with van der Waals surface area (Å²) in [5.74, 6) is -1.08. The van der Waals surface area contributed by atoms with Crippen molar-refractivity contribution in [2.45, 2.75) is 0 Å². The van der Waals surface area contributed by atoms with Gasteiger partial charge < -0.3 is 5.32 Å². The molecule has 1 saturated heterocycles. The first kappa shape index (κ1) is 15.1. The third kappa shape index (κ3) is 2.65. The Balaban J connectivity index is 1.70. The van der Waals surface area contributed by atoms with Crippen molar-refractivity contribution in [2.24, 2.45) is 0 Å². The van der Waals surface area contributed by atoms with E-state index in [4.69, 9.17) is 0 Å². The minimum Gasteiger partial charge on any atom is -0.314 e. The highest BCUT2D eigenvalue weighted by Gasteiger charge is 2.36. The number of imide groups is 1. The maximum atomic E-state index is 12.3. The van der Waals surface area contributed by atoms with Gasteiger partial charge in [0, 0.05) is 32.7 Å². The van der Waals surface area contributed by atoms with Crippen LogP contribution in [0.15, 0.2) is 24.3 Å². The fraction of sp³-hybridized carbons (Fsp3) is 0.429. The van der Waals surface area contributed by atoms with E-state index in [2.05, 4.69) is 5.32 Å². The molecule has 0 unspecified atom stereocenters. The van der Waals surface area contributed by atoms with Crippen LogP contribution in [0.2, 0.25) is 0 Å². The highest BCUT2D eigenvalue weighted by molar-refractivity contribution is 7.89. The molecule has 0 radical (unpaired) electrons. The van der Waals surface area contributed by atoms with Gasteiger partial charge in [0.2, 0.25) is 10.0 Å². The molecule has 0 bridgehead atoms. The molecule has 118 valence electrons. The summed E-state index contributed by atoms with van der Waals surface area (Å²) in [6.07, 6.45) is 0. The molecule has 2 heterocycles. The smallest absolute Gasteiger partial charge is 0.261 e. The molecular formula is C14H17N3O4S. The Bertz CT molecular complexity index is 676. The average molecular weight is 323 g/mol. The highest BCUT2D eigenvalue weighted by Crippen LogP contribution is 2.22. The monoisotopic (exact) mass is 323 g/mol. The minimum atomic E-state index is -3.46. The van der Waals surface area contributed by atoms with Gasteiger partial charge in [0.15, 0.2) is 0 Å². The number of nitrogens with one attached hydrogen (secondary N) is 1. The number of carbonyl (C=O) groups excluding carboxylic acids is 2. The number of piperazine rings is 1. The van der Waals surface area contributed by atoms with Crippen LogP contribution in [0.5, 0.6) is 0 Å². The van der Waals surface area contributed by atoms with Gasteiger partial charge in [-0.1, -0.05) is 12.1 Å². The Morgan fingerprint density at radius 1 is 1.00 bits per heavy atom. The molecule has 3 rings (SSSR count).